The standard InChI is InChI=1S/C19H20N4O4S/c1-11-14-18(22-13-6-4-8-23(13)19(14)25)28-15(11)16(24)21-12-5-3-7-20-17(12)27-10-9-26-2/h3,5,7H,4,6,8-10H2,1-2H3,(H,21,24). The van der Waals surface area contributed by atoms with Crippen molar-refractivity contribution < 1.29 is 14.3 Å². The molecule has 28 heavy (non-hydrogen) atoms. The number of hydrogen-bond donors (Lipinski definition) is 1. The molecule has 1 N–H and O–H groups in total. The monoisotopic (exact) mass is 400 g/mol. The molecule has 9 heteroatoms. The molecule has 0 saturated heterocycles. The fourth-order valence-electron chi connectivity index (χ4n) is 3.29. The van der Waals surface area contributed by atoms with E-state index in [1.54, 1.807) is 36.9 Å². The highest BCUT2D eigenvalue weighted by molar-refractivity contribution is 7.20. The molecule has 1 aliphatic heterocycles. The molecule has 0 unspecified atom stereocenters. The van der Waals surface area contributed by atoms with Crippen LogP contribution in [-0.4, -0.2) is 40.8 Å². The third kappa shape index (κ3) is 3.27. The number of amides is 1. The molecule has 146 valence electrons. The van der Waals surface area contributed by atoms with Gasteiger partial charge in [-0.3, -0.25) is 14.2 Å². The predicted octanol–water partition coefficient (Wildman–Crippen LogP) is 2.39. The lowest BCUT2D eigenvalue weighted by Crippen LogP contribution is -2.21. The van der Waals surface area contributed by atoms with Gasteiger partial charge in [0.15, 0.2) is 0 Å². The first-order valence-electron chi connectivity index (χ1n) is 9.01. The maximum atomic E-state index is 12.9. The molecule has 4 heterocycles. The maximum Gasteiger partial charge on any atom is 0.266 e. The molecule has 8 nitrogen and oxygen atoms in total. The molecule has 0 spiro atoms. The topological polar surface area (TPSA) is 95.3 Å². The zero-order chi connectivity index (χ0) is 19.7. The van der Waals surface area contributed by atoms with Crippen LogP contribution in [0.3, 0.4) is 0 Å². The average Bonchev–Trinajstić information content (AvgIpc) is 3.28. The summed E-state index contributed by atoms with van der Waals surface area (Å²) in [7, 11) is 1.58. The minimum Gasteiger partial charge on any atom is -0.474 e. The minimum absolute atomic E-state index is 0.0599. The number of aryl methyl sites for hydroxylation is 2. The number of ether oxygens (including phenoxy) is 2. The van der Waals surface area contributed by atoms with Gasteiger partial charge in [-0.2, -0.15) is 0 Å². The Morgan fingerprint density at radius 3 is 3.07 bits per heavy atom. The Morgan fingerprint density at radius 2 is 2.25 bits per heavy atom. The fraction of sp³-hybridized carbons (Fsp3) is 0.368. The highest BCUT2D eigenvalue weighted by Crippen LogP contribution is 2.30. The molecule has 0 radical (unpaired) electrons. The summed E-state index contributed by atoms with van der Waals surface area (Å²) in [6, 6.07) is 3.44. The summed E-state index contributed by atoms with van der Waals surface area (Å²) >= 11 is 1.24. The number of anilines is 1. The zero-order valence-corrected chi connectivity index (χ0v) is 16.5. The van der Waals surface area contributed by atoms with Crippen LogP contribution < -0.4 is 15.6 Å². The van der Waals surface area contributed by atoms with Gasteiger partial charge < -0.3 is 14.8 Å². The number of carbonyl (C=O) groups excluding carboxylic acids is 1. The lowest BCUT2D eigenvalue weighted by atomic mass is 10.2. The Kier molecular flexibility index (Phi) is 5.10. The van der Waals surface area contributed by atoms with Gasteiger partial charge in [-0.05, 0) is 31.0 Å². The van der Waals surface area contributed by atoms with Crippen molar-refractivity contribution in [3.63, 3.8) is 0 Å². The lowest BCUT2D eigenvalue weighted by molar-refractivity contribution is 0.102. The van der Waals surface area contributed by atoms with Gasteiger partial charge in [-0.25, -0.2) is 9.97 Å². The van der Waals surface area contributed by atoms with Crippen LogP contribution in [0.1, 0.15) is 27.5 Å². The molecule has 3 aromatic rings. The van der Waals surface area contributed by atoms with Crippen molar-refractivity contribution in [2.75, 3.05) is 25.6 Å². The maximum absolute atomic E-state index is 12.9. The minimum atomic E-state index is -0.311. The summed E-state index contributed by atoms with van der Waals surface area (Å²) in [5, 5.41) is 3.37. The van der Waals surface area contributed by atoms with Crippen LogP contribution in [0.25, 0.3) is 10.2 Å². The molecule has 0 fully saturated rings. The SMILES string of the molecule is COCCOc1ncccc1NC(=O)c1sc2nc3n(c(=O)c2c1C)CCC3. The second-order valence-electron chi connectivity index (χ2n) is 6.48. The van der Waals surface area contributed by atoms with E-state index in [1.165, 1.54) is 11.3 Å². The lowest BCUT2D eigenvalue weighted by Gasteiger charge is -2.10. The molecular weight excluding hydrogens is 380 g/mol. The number of nitrogens with one attached hydrogen (secondary N) is 1. The number of rotatable bonds is 6. The van der Waals surface area contributed by atoms with Gasteiger partial charge in [0, 0.05) is 26.3 Å². The first-order valence-corrected chi connectivity index (χ1v) is 9.82. The molecule has 1 amide bonds. The van der Waals surface area contributed by atoms with Gasteiger partial charge >= 0.3 is 0 Å². The molecule has 4 rings (SSSR count). The first kappa shape index (κ1) is 18.6. The van der Waals surface area contributed by atoms with Gasteiger partial charge in [0.05, 0.1) is 16.9 Å². The fourth-order valence-corrected chi connectivity index (χ4v) is 4.38. The van der Waals surface area contributed by atoms with E-state index >= 15 is 0 Å². The second kappa shape index (κ2) is 7.69. The van der Waals surface area contributed by atoms with Gasteiger partial charge in [-0.1, -0.05) is 0 Å². The third-order valence-electron chi connectivity index (χ3n) is 4.66. The van der Waals surface area contributed by atoms with E-state index in [1.807, 2.05) is 0 Å². The number of pyridine rings is 1. The average molecular weight is 400 g/mol. The molecule has 1 aliphatic rings. The molecule has 3 aromatic heterocycles. The summed E-state index contributed by atoms with van der Waals surface area (Å²) in [5.41, 5.74) is 1.06. The zero-order valence-electron chi connectivity index (χ0n) is 15.7. The van der Waals surface area contributed by atoms with E-state index < -0.39 is 0 Å². The smallest absolute Gasteiger partial charge is 0.266 e. The molecule has 0 atom stereocenters. The van der Waals surface area contributed by atoms with Crippen LogP contribution in [-0.2, 0) is 17.7 Å². The number of aromatic nitrogens is 3. The van der Waals surface area contributed by atoms with E-state index in [4.69, 9.17) is 9.47 Å². The highest BCUT2D eigenvalue weighted by Gasteiger charge is 2.23. The number of hydrogen-bond acceptors (Lipinski definition) is 7. The Morgan fingerprint density at radius 1 is 1.39 bits per heavy atom. The van der Waals surface area contributed by atoms with Gasteiger partial charge in [0.25, 0.3) is 11.5 Å². The van der Waals surface area contributed by atoms with Crippen LogP contribution in [0.5, 0.6) is 5.88 Å². The van der Waals surface area contributed by atoms with Crippen LogP contribution >= 0.6 is 11.3 Å². The number of fused-ring (bicyclic) bond motifs is 2. The Labute approximate surface area is 165 Å². The normalized spacial score (nSPS) is 12.9. The van der Waals surface area contributed by atoms with Crippen molar-refractivity contribution in [1.82, 2.24) is 14.5 Å². The molecule has 0 bridgehead atoms. The molecule has 0 aromatic carbocycles. The van der Waals surface area contributed by atoms with Gasteiger partial charge in [0.1, 0.15) is 22.9 Å². The van der Waals surface area contributed by atoms with Crippen molar-refractivity contribution in [3.8, 4) is 5.88 Å². The van der Waals surface area contributed by atoms with Crippen molar-refractivity contribution in [2.24, 2.45) is 0 Å². The van der Waals surface area contributed by atoms with Crippen molar-refractivity contribution >= 4 is 33.1 Å². The second-order valence-corrected chi connectivity index (χ2v) is 7.48. The summed E-state index contributed by atoms with van der Waals surface area (Å²) in [6.45, 7) is 3.22. The van der Waals surface area contributed by atoms with Crippen molar-refractivity contribution in [1.29, 1.82) is 0 Å². The number of methoxy groups -OCH3 is 1. The molecule has 0 aliphatic carbocycles. The van der Waals surface area contributed by atoms with Crippen molar-refractivity contribution in [2.45, 2.75) is 26.3 Å². The third-order valence-corrected chi connectivity index (χ3v) is 5.85. The molecular formula is C19H20N4O4S. The van der Waals surface area contributed by atoms with Crippen LogP contribution in [0.15, 0.2) is 23.1 Å². The summed E-state index contributed by atoms with van der Waals surface area (Å²) in [5.74, 6) is 0.810. The predicted molar refractivity (Wildman–Crippen MR) is 106 cm³/mol. The van der Waals surface area contributed by atoms with E-state index in [2.05, 4.69) is 15.3 Å². The van der Waals surface area contributed by atoms with Crippen molar-refractivity contribution in [3.05, 3.63) is 44.9 Å². The number of thiophene rings is 1. The number of carbonyl (C=O) groups is 1. The molecule has 0 saturated carbocycles. The summed E-state index contributed by atoms with van der Waals surface area (Å²) < 4.78 is 12.2. The first-order chi connectivity index (χ1) is 13.6. The highest BCUT2D eigenvalue weighted by atomic mass is 32.1. The van der Waals surface area contributed by atoms with E-state index in [0.29, 0.717) is 52.0 Å². The largest absolute Gasteiger partial charge is 0.474 e. The quantitative estimate of drug-likeness (QED) is 0.639. The Hall–Kier alpha value is -2.78. The van der Waals surface area contributed by atoms with Gasteiger partial charge in [0.2, 0.25) is 5.88 Å². The van der Waals surface area contributed by atoms with Gasteiger partial charge in [-0.15, -0.1) is 11.3 Å². The van der Waals surface area contributed by atoms with Crippen LogP contribution in [0.2, 0.25) is 0 Å². The summed E-state index contributed by atoms with van der Waals surface area (Å²) in [6.07, 6.45) is 3.31. The Balaban J connectivity index is 1.65. The summed E-state index contributed by atoms with van der Waals surface area (Å²) in [4.78, 5) is 35.6. The Bertz CT molecular complexity index is 1110. The van der Waals surface area contributed by atoms with E-state index in [0.717, 1.165) is 18.7 Å². The van der Waals surface area contributed by atoms with E-state index in [-0.39, 0.29) is 11.5 Å². The van der Waals surface area contributed by atoms with E-state index in [9.17, 15) is 9.59 Å². The van der Waals surface area contributed by atoms with Crippen LogP contribution in [0.4, 0.5) is 5.69 Å². The number of nitrogens with zero attached hydrogens (tertiary/aromatic N) is 3. The van der Waals surface area contributed by atoms with Crippen LogP contribution in [0, 0.1) is 6.92 Å².